The van der Waals surface area contributed by atoms with Gasteiger partial charge in [0, 0.05) is 35.3 Å². The first-order valence-electron chi connectivity index (χ1n) is 10.2. The number of hydrogen-bond acceptors (Lipinski definition) is 4. The van der Waals surface area contributed by atoms with Crippen molar-refractivity contribution in [2.24, 2.45) is 5.92 Å². The molecular weight excluding hydrogens is 394 g/mol. The Morgan fingerprint density at radius 3 is 2.63 bits per heavy atom. The Labute approximate surface area is 180 Å². The van der Waals surface area contributed by atoms with Gasteiger partial charge < -0.3 is 10.2 Å². The van der Waals surface area contributed by atoms with Crippen molar-refractivity contribution in [2.75, 3.05) is 16.8 Å². The average molecular weight is 420 g/mol. The van der Waals surface area contributed by atoms with Crippen molar-refractivity contribution in [3.8, 4) is 11.3 Å². The number of aryl methyl sites for hydroxylation is 3. The van der Waals surface area contributed by atoms with E-state index in [0.29, 0.717) is 6.54 Å². The molecule has 0 aliphatic carbocycles. The van der Waals surface area contributed by atoms with E-state index in [0.717, 1.165) is 45.2 Å². The molecule has 2 aromatic carbocycles. The molecule has 154 valence electrons. The van der Waals surface area contributed by atoms with Gasteiger partial charge >= 0.3 is 0 Å². The molecule has 1 aromatic heterocycles. The van der Waals surface area contributed by atoms with Crippen LogP contribution in [-0.4, -0.2) is 23.3 Å². The number of hydrogen-bond donors (Lipinski definition) is 1. The summed E-state index contributed by atoms with van der Waals surface area (Å²) >= 11 is 1.62. The maximum absolute atomic E-state index is 12.8. The van der Waals surface area contributed by atoms with Gasteiger partial charge in [-0.3, -0.25) is 9.59 Å². The largest absolute Gasteiger partial charge is 0.326 e. The van der Waals surface area contributed by atoms with Crippen LogP contribution in [0.5, 0.6) is 0 Å². The number of carbonyl (C=O) groups is 2. The van der Waals surface area contributed by atoms with E-state index in [-0.39, 0.29) is 24.2 Å². The van der Waals surface area contributed by atoms with Crippen molar-refractivity contribution in [1.82, 2.24) is 4.98 Å². The quantitative estimate of drug-likeness (QED) is 0.634. The van der Waals surface area contributed by atoms with Crippen LogP contribution in [0.2, 0.25) is 0 Å². The van der Waals surface area contributed by atoms with Gasteiger partial charge in [0.1, 0.15) is 0 Å². The molecule has 1 saturated heterocycles. The van der Waals surface area contributed by atoms with E-state index in [9.17, 15) is 9.59 Å². The van der Waals surface area contributed by atoms with E-state index in [2.05, 4.69) is 17.2 Å². The zero-order valence-electron chi connectivity index (χ0n) is 17.4. The molecule has 30 heavy (non-hydrogen) atoms. The van der Waals surface area contributed by atoms with Crippen molar-refractivity contribution < 1.29 is 9.59 Å². The summed E-state index contributed by atoms with van der Waals surface area (Å²) in [6, 6.07) is 13.8. The maximum atomic E-state index is 12.8. The van der Waals surface area contributed by atoms with Crippen LogP contribution in [0.15, 0.2) is 47.8 Å². The number of rotatable bonds is 5. The van der Waals surface area contributed by atoms with Crippen LogP contribution >= 0.6 is 11.3 Å². The third kappa shape index (κ3) is 4.00. The molecule has 0 bridgehead atoms. The summed E-state index contributed by atoms with van der Waals surface area (Å²) < 4.78 is 0. The third-order valence-electron chi connectivity index (χ3n) is 5.54. The molecule has 5 nitrogen and oxygen atoms in total. The second kappa shape index (κ2) is 8.40. The van der Waals surface area contributed by atoms with Crippen molar-refractivity contribution in [1.29, 1.82) is 0 Å². The number of nitrogens with one attached hydrogen (secondary N) is 1. The minimum absolute atomic E-state index is 0.00778. The average Bonchev–Trinajstić information content (AvgIpc) is 3.34. The second-order valence-corrected chi connectivity index (χ2v) is 8.72. The van der Waals surface area contributed by atoms with Gasteiger partial charge in [0.25, 0.3) is 0 Å². The Kier molecular flexibility index (Phi) is 5.68. The molecule has 1 aliphatic rings. The highest BCUT2D eigenvalue weighted by Crippen LogP contribution is 2.32. The lowest BCUT2D eigenvalue weighted by Crippen LogP contribution is -2.29. The minimum Gasteiger partial charge on any atom is -0.326 e. The van der Waals surface area contributed by atoms with Crippen LogP contribution in [0, 0.1) is 19.8 Å². The fraction of sp³-hybridized carbons (Fsp3) is 0.292. The number of para-hydroxylation sites is 1. The van der Waals surface area contributed by atoms with Gasteiger partial charge in [-0.15, -0.1) is 11.3 Å². The van der Waals surface area contributed by atoms with E-state index in [1.807, 2.05) is 61.7 Å². The molecule has 0 saturated carbocycles. The van der Waals surface area contributed by atoms with Crippen molar-refractivity contribution in [3.63, 3.8) is 0 Å². The summed E-state index contributed by atoms with van der Waals surface area (Å²) in [7, 11) is 0. The van der Waals surface area contributed by atoms with Crippen LogP contribution in [0.3, 0.4) is 0 Å². The van der Waals surface area contributed by atoms with Gasteiger partial charge in [-0.2, -0.15) is 0 Å². The molecule has 6 heteroatoms. The summed E-state index contributed by atoms with van der Waals surface area (Å²) in [6.07, 6.45) is 1.09. The van der Waals surface area contributed by atoms with Gasteiger partial charge in [0.05, 0.1) is 16.6 Å². The Hall–Kier alpha value is -2.99. The van der Waals surface area contributed by atoms with E-state index < -0.39 is 0 Å². The topological polar surface area (TPSA) is 62.3 Å². The number of aromatic nitrogens is 1. The van der Waals surface area contributed by atoms with Crippen molar-refractivity contribution in [3.05, 3.63) is 64.0 Å². The van der Waals surface area contributed by atoms with Crippen LogP contribution in [0.25, 0.3) is 11.3 Å². The van der Waals surface area contributed by atoms with E-state index >= 15 is 0 Å². The highest BCUT2D eigenvalue weighted by Gasteiger charge is 2.36. The molecule has 1 aliphatic heterocycles. The standard InChI is InChI=1S/C24H25N3O2S/c1-4-17-7-5-6-15(2)23(17)27-13-19(12-22(27)28)24(29)26-20-10-8-18(9-11-20)21-14-30-16(3)25-21/h5-11,14,19H,4,12-13H2,1-3H3,(H,26,29). The molecule has 0 spiro atoms. The molecule has 0 radical (unpaired) electrons. The fourth-order valence-electron chi connectivity index (χ4n) is 3.96. The molecule has 1 N–H and O–H groups in total. The number of nitrogens with zero attached hydrogens (tertiary/aromatic N) is 2. The summed E-state index contributed by atoms with van der Waals surface area (Å²) in [4.78, 5) is 31.8. The summed E-state index contributed by atoms with van der Waals surface area (Å²) in [5, 5.41) is 6.02. The van der Waals surface area contributed by atoms with Gasteiger partial charge in [-0.1, -0.05) is 37.3 Å². The lowest BCUT2D eigenvalue weighted by atomic mass is 10.0. The van der Waals surface area contributed by atoms with E-state index in [4.69, 9.17) is 0 Å². The van der Waals surface area contributed by atoms with Crippen molar-refractivity contribution >= 4 is 34.5 Å². The van der Waals surface area contributed by atoms with E-state index in [1.54, 1.807) is 16.2 Å². The summed E-state index contributed by atoms with van der Waals surface area (Å²) in [5.41, 5.74) is 5.85. The first-order chi connectivity index (χ1) is 14.5. The first-order valence-corrected chi connectivity index (χ1v) is 11.1. The minimum atomic E-state index is -0.359. The SMILES string of the molecule is CCc1cccc(C)c1N1CC(C(=O)Nc2ccc(-c3csc(C)n3)cc2)CC1=O. The molecule has 1 fully saturated rings. The maximum Gasteiger partial charge on any atom is 0.229 e. The van der Waals surface area contributed by atoms with Crippen LogP contribution in [-0.2, 0) is 16.0 Å². The molecule has 1 unspecified atom stereocenters. The highest BCUT2D eigenvalue weighted by atomic mass is 32.1. The highest BCUT2D eigenvalue weighted by molar-refractivity contribution is 7.09. The van der Waals surface area contributed by atoms with Gasteiger partial charge in [-0.25, -0.2) is 4.98 Å². The van der Waals surface area contributed by atoms with Crippen LogP contribution in [0.1, 0.15) is 29.5 Å². The summed E-state index contributed by atoms with van der Waals surface area (Å²) in [5.74, 6) is -0.467. The van der Waals surface area contributed by atoms with Crippen LogP contribution < -0.4 is 10.2 Å². The zero-order valence-corrected chi connectivity index (χ0v) is 18.3. The van der Waals surface area contributed by atoms with Gasteiger partial charge in [0.2, 0.25) is 11.8 Å². The molecule has 2 amide bonds. The molecule has 1 atom stereocenters. The fourth-order valence-corrected chi connectivity index (χ4v) is 4.58. The molecule has 2 heterocycles. The normalized spacial score (nSPS) is 16.2. The lowest BCUT2D eigenvalue weighted by Gasteiger charge is -2.22. The lowest BCUT2D eigenvalue weighted by molar-refractivity contribution is -0.122. The summed E-state index contributed by atoms with van der Waals surface area (Å²) in [6.45, 7) is 6.49. The second-order valence-electron chi connectivity index (χ2n) is 7.66. The molecular formula is C24H25N3O2S. The third-order valence-corrected chi connectivity index (χ3v) is 6.31. The number of carbonyl (C=O) groups excluding carboxylic acids is 2. The van der Waals surface area contributed by atoms with Crippen molar-refractivity contribution in [2.45, 2.75) is 33.6 Å². The number of amides is 2. The number of anilines is 2. The van der Waals surface area contributed by atoms with Gasteiger partial charge in [-0.05, 0) is 43.5 Å². The Morgan fingerprint density at radius 1 is 1.20 bits per heavy atom. The number of benzene rings is 2. The zero-order chi connectivity index (χ0) is 21.3. The Bertz CT molecular complexity index is 1090. The Morgan fingerprint density at radius 2 is 1.97 bits per heavy atom. The van der Waals surface area contributed by atoms with E-state index in [1.165, 1.54) is 0 Å². The monoisotopic (exact) mass is 419 g/mol. The smallest absolute Gasteiger partial charge is 0.229 e. The number of thiazole rings is 1. The first kappa shape index (κ1) is 20.3. The van der Waals surface area contributed by atoms with Gasteiger partial charge in [0.15, 0.2) is 0 Å². The Balaban J connectivity index is 1.45. The van der Waals surface area contributed by atoms with Crippen LogP contribution in [0.4, 0.5) is 11.4 Å². The molecule has 4 rings (SSSR count). The predicted molar refractivity (Wildman–Crippen MR) is 122 cm³/mol. The molecule has 3 aromatic rings. The predicted octanol–water partition coefficient (Wildman–Crippen LogP) is 4.98.